The van der Waals surface area contributed by atoms with Crippen molar-refractivity contribution < 1.29 is 13.5 Å². The highest BCUT2D eigenvalue weighted by Crippen LogP contribution is 2.30. The van der Waals surface area contributed by atoms with Gasteiger partial charge in [0.1, 0.15) is 11.3 Å². The van der Waals surface area contributed by atoms with Crippen LogP contribution in [0.4, 0.5) is 10.3 Å². The van der Waals surface area contributed by atoms with Crippen molar-refractivity contribution in [2.75, 3.05) is 31.2 Å². The average Bonchev–Trinajstić information content (AvgIpc) is 3.36. The summed E-state index contributed by atoms with van der Waals surface area (Å²) in [6.45, 7) is 2.68. The van der Waals surface area contributed by atoms with Crippen LogP contribution in [0.1, 0.15) is 5.89 Å². The zero-order chi connectivity index (χ0) is 19.6. The molecule has 2 aromatic carbocycles. The molecule has 0 radical (unpaired) electrons. The molecular formula is C20H18FN5O2S. The van der Waals surface area contributed by atoms with Gasteiger partial charge in [-0.2, -0.15) is 0 Å². The third-order valence-corrected chi connectivity index (χ3v) is 5.55. The number of rotatable bonds is 5. The summed E-state index contributed by atoms with van der Waals surface area (Å²) >= 11 is 1.45. The fourth-order valence-electron chi connectivity index (χ4n) is 3.27. The number of hydrogen-bond donors (Lipinski definition) is 0. The minimum absolute atomic E-state index is 0.306. The van der Waals surface area contributed by atoms with Crippen molar-refractivity contribution in [3.05, 3.63) is 60.2 Å². The molecule has 148 valence electrons. The molecule has 2 aromatic heterocycles. The Kier molecular flexibility index (Phi) is 4.91. The Bertz CT molecular complexity index is 1110. The van der Waals surface area contributed by atoms with E-state index in [1.54, 1.807) is 6.07 Å². The maximum absolute atomic E-state index is 13.9. The smallest absolute Gasteiger partial charge is 0.232 e. The number of oxazole rings is 1. The molecule has 1 aliphatic rings. The van der Waals surface area contributed by atoms with Crippen LogP contribution >= 0.6 is 11.8 Å². The van der Waals surface area contributed by atoms with Crippen LogP contribution in [0.5, 0.6) is 0 Å². The lowest BCUT2D eigenvalue weighted by atomic mass is 10.3. The maximum atomic E-state index is 13.9. The number of hydrogen-bond acceptors (Lipinski definition) is 7. The maximum Gasteiger partial charge on any atom is 0.232 e. The van der Waals surface area contributed by atoms with Crippen molar-refractivity contribution in [3.8, 4) is 5.69 Å². The number of para-hydroxylation sites is 2. The fourth-order valence-corrected chi connectivity index (χ4v) is 4.06. The summed E-state index contributed by atoms with van der Waals surface area (Å²) in [6.07, 6.45) is 0. The Morgan fingerprint density at radius 2 is 1.90 bits per heavy atom. The number of fused-ring (bicyclic) bond motifs is 1. The Balaban J connectivity index is 1.47. The van der Waals surface area contributed by atoms with E-state index in [-0.39, 0.29) is 5.82 Å². The van der Waals surface area contributed by atoms with Crippen molar-refractivity contribution in [2.24, 2.45) is 0 Å². The van der Waals surface area contributed by atoms with Gasteiger partial charge in [0.25, 0.3) is 0 Å². The fraction of sp³-hybridized carbons (Fsp3) is 0.250. The summed E-state index contributed by atoms with van der Waals surface area (Å²) < 4.78 is 27.0. The van der Waals surface area contributed by atoms with E-state index < -0.39 is 0 Å². The molecule has 0 saturated carbocycles. The molecule has 0 N–H and O–H groups in total. The third kappa shape index (κ3) is 3.70. The Labute approximate surface area is 170 Å². The molecule has 3 heterocycles. The third-order valence-electron chi connectivity index (χ3n) is 4.64. The van der Waals surface area contributed by atoms with E-state index in [1.807, 2.05) is 34.9 Å². The van der Waals surface area contributed by atoms with E-state index in [1.165, 1.54) is 23.9 Å². The van der Waals surface area contributed by atoms with E-state index in [4.69, 9.17) is 9.15 Å². The van der Waals surface area contributed by atoms with Gasteiger partial charge in [-0.15, -0.1) is 10.2 Å². The number of benzene rings is 2. The van der Waals surface area contributed by atoms with Crippen molar-refractivity contribution >= 4 is 28.8 Å². The van der Waals surface area contributed by atoms with Gasteiger partial charge < -0.3 is 14.1 Å². The minimum atomic E-state index is -0.306. The zero-order valence-corrected chi connectivity index (χ0v) is 16.3. The molecule has 0 aliphatic carbocycles. The first kappa shape index (κ1) is 18.1. The van der Waals surface area contributed by atoms with Gasteiger partial charge in [-0.05, 0) is 30.3 Å². The highest BCUT2D eigenvalue weighted by molar-refractivity contribution is 7.98. The Hall–Kier alpha value is -2.91. The molecule has 29 heavy (non-hydrogen) atoms. The molecular weight excluding hydrogens is 393 g/mol. The van der Waals surface area contributed by atoms with Crippen LogP contribution in [0.25, 0.3) is 16.8 Å². The molecule has 1 aliphatic heterocycles. The lowest BCUT2D eigenvalue weighted by Gasteiger charge is -2.27. The highest BCUT2D eigenvalue weighted by atomic mass is 32.2. The number of anilines is 1. The lowest BCUT2D eigenvalue weighted by molar-refractivity contribution is 0.122. The number of nitrogens with zero attached hydrogens (tertiary/aromatic N) is 5. The quantitative estimate of drug-likeness (QED) is 0.464. The van der Waals surface area contributed by atoms with Crippen LogP contribution in [-0.2, 0) is 10.5 Å². The SMILES string of the molecule is Fc1cccc(-n2c(SCc3nc4ccccc4o3)nnc2N2CCOCC2)c1. The molecule has 5 rings (SSSR count). The number of halogens is 1. The lowest BCUT2D eigenvalue weighted by Crippen LogP contribution is -2.37. The normalized spacial score (nSPS) is 14.6. The first-order valence-corrected chi connectivity index (χ1v) is 10.3. The first-order chi connectivity index (χ1) is 14.3. The summed E-state index contributed by atoms with van der Waals surface area (Å²) in [5.74, 6) is 1.47. The molecule has 0 bridgehead atoms. The largest absolute Gasteiger partial charge is 0.440 e. The van der Waals surface area contributed by atoms with Crippen LogP contribution in [0.15, 0.2) is 58.1 Å². The van der Waals surface area contributed by atoms with E-state index in [0.29, 0.717) is 54.7 Å². The number of morpholine rings is 1. The molecule has 0 unspecified atom stereocenters. The molecule has 0 spiro atoms. The van der Waals surface area contributed by atoms with Crippen LogP contribution in [0.3, 0.4) is 0 Å². The topological polar surface area (TPSA) is 69.2 Å². The van der Waals surface area contributed by atoms with E-state index in [9.17, 15) is 4.39 Å². The van der Waals surface area contributed by atoms with Gasteiger partial charge in [0.05, 0.1) is 24.7 Å². The second-order valence-electron chi connectivity index (χ2n) is 6.56. The Morgan fingerprint density at radius 1 is 1.03 bits per heavy atom. The second-order valence-corrected chi connectivity index (χ2v) is 7.50. The van der Waals surface area contributed by atoms with Gasteiger partial charge in [-0.3, -0.25) is 4.57 Å². The van der Waals surface area contributed by atoms with Gasteiger partial charge in [0, 0.05) is 13.1 Å². The molecule has 1 fully saturated rings. The van der Waals surface area contributed by atoms with Gasteiger partial charge in [0.15, 0.2) is 10.7 Å². The van der Waals surface area contributed by atoms with Gasteiger partial charge in [-0.25, -0.2) is 9.37 Å². The Morgan fingerprint density at radius 3 is 2.72 bits per heavy atom. The van der Waals surface area contributed by atoms with Crippen molar-refractivity contribution in [1.82, 2.24) is 19.7 Å². The summed E-state index contributed by atoms with van der Waals surface area (Å²) in [5.41, 5.74) is 2.25. The van der Waals surface area contributed by atoms with Crippen LogP contribution in [0.2, 0.25) is 0 Å². The van der Waals surface area contributed by atoms with Gasteiger partial charge in [0.2, 0.25) is 11.8 Å². The number of ether oxygens (including phenoxy) is 1. The summed E-state index contributed by atoms with van der Waals surface area (Å²) in [6, 6.07) is 14.1. The van der Waals surface area contributed by atoms with Gasteiger partial charge in [-0.1, -0.05) is 30.0 Å². The van der Waals surface area contributed by atoms with Crippen molar-refractivity contribution in [3.63, 3.8) is 0 Å². The molecule has 4 aromatic rings. The predicted octanol–water partition coefficient (Wildman–Crippen LogP) is 3.68. The summed E-state index contributed by atoms with van der Waals surface area (Å²) in [7, 11) is 0. The average molecular weight is 411 g/mol. The van der Waals surface area contributed by atoms with Crippen LogP contribution < -0.4 is 4.90 Å². The van der Waals surface area contributed by atoms with Gasteiger partial charge >= 0.3 is 0 Å². The van der Waals surface area contributed by atoms with Crippen molar-refractivity contribution in [1.29, 1.82) is 0 Å². The highest BCUT2D eigenvalue weighted by Gasteiger charge is 2.22. The predicted molar refractivity (Wildman–Crippen MR) is 108 cm³/mol. The van der Waals surface area contributed by atoms with Crippen LogP contribution in [0, 0.1) is 5.82 Å². The van der Waals surface area contributed by atoms with Crippen LogP contribution in [-0.4, -0.2) is 46.1 Å². The number of thioether (sulfide) groups is 1. The summed E-state index contributed by atoms with van der Waals surface area (Å²) in [5, 5.41) is 9.41. The summed E-state index contributed by atoms with van der Waals surface area (Å²) in [4.78, 5) is 6.61. The zero-order valence-electron chi connectivity index (χ0n) is 15.5. The molecule has 0 amide bonds. The monoisotopic (exact) mass is 411 g/mol. The van der Waals surface area contributed by atoms with E-state index >= 15 is 0 Å². The van der Waals surface area contributed by atoms with E-state index in [2.05, 4.69) is 20.1 Å². The number of aromatic nitrogens is 4. The minimum Gasteiger partial charge on any atom is -0.440 e. The second kappa shape index (κ2) is 7.84. The molecule has 1 saturated heterocycles. The molecule has 0 atom stereocenters. The molecule has 9 heteroatoms. The van der Waals surface area contributed by atoms with Crippen molar-refractivity contribution in [2.45, 2.75) is 10.9 Å². The standard InChI is InChI=1S/C20H18FN5O2S/c21-14-4-3-5-15(12-14)26-19(25-8-10-27-11-9-25)23-24-20(26)29-13-18-22-16-6-1-2-7-17(16)28-18/h1-7,12H,8-11,13H2. The van der Waals surface area contributed by atoms with E-state index in [0.717, 1.165) is 11.1 Å². The molecule has 7 nitrogen and oxygen atoms in total. The first-order valence-electron chi connectivity index (χ1n) is 9.29.